The second-order valence-electron chi connectivity index (χ2n) is 5.98. The number of fused-ring (bicyclic) bond motifs is 7. The van der Waals surface area contributed by atoms with Gasteiger partial charge in [-0.15, -0.1) is 0 Å². The number of hydrogen-bond donors (Lipinski definition) is 1. The van der Waals surface area contributed by atoms with Crippen LogP contribution in [-0.4, -0.2) is 10.9 Å². The summed E-state index contributed by atoms with van der Waals surface area (Å²) < 4.78 is 0. The Labute approximate surface area is 128 Å². The van der Waals surface area contributed by atoms with E-state index in [1.807, 2.05) is 18.3 Å². The Bertz CT molecular complexity index is 894. The van der Waals surface area contributed by atoms with Crippen molar-refractivity contribution >= 4 is 11.5 Å². The Morgan fingerprint density at radius 3 is 2.82 bits per heavy atom. The van der Waals surface area contributed by atoms with E-state index >= 15 is 0 Å². The van der Waals surface area contributed by atoms with Crippen molar-refractivity contribution in [3.8, 4) is 0 Å². The van der Waals surface area contributed by atoms with Gasteiger partial charge in [-0.3, -0.25) is 9.78 Å². The number of nitrogens with zero attached hydrogens (tertiary/aromatic N) is 1. The van der Waals surface area contributed by atoms with Crippen molar-refractivity contribution in [2.75, 3.05) is 0 Å². The van der Waals surface area contributed by atoms with E-state index in [0.29, 0.717) is 0 Å². The second-order valence-corrected chi connectivity index (χ2v) is 5.98. The van der Waals surface area contributed by atoms with Gasteiger partial charge in [-0.2, -0.15) is 0 Å². The first-order valence-corrected chi connectivity index (χ1v) is 7.60. The molecule has 1 atom stereocenters. The third kappa shape index (κ3) is 1.23. The van der Waals surface area contributed by atoms with E-state index in [-0.39, 0.29) is 5.91 Å². The largest absolute Gasteiger partial charge is 0.334 e. The molecule has 106 valence electrons. The van der Waals surface area contributed by atoms with E-state index in [0.717, 1.165) is 29.5 Å². The van der Waals surface area contributed by atoms with Crippen molar-refractivity contribution in [1.82, 2.24) is 10.3 Å². The summed E-state index contributed by atoms with van der Waals surface area (Å²) in [5, 5.41) is 3.26. The van der Waals surface area contributed by atoms with Gasteiger partial charge in [0.05, 0.1) is 0 Å². The third-order valence-corrected chi connectivity index (χ3v) is 4.95. The molecule has 5 rings (SSSR count). The van der Waals surface area contributed by atoms with Crippen molar-refractivity contribution in [2.24, 2.45) is 0 Å². The van der Waals surface area contributed by atoms with Gasteiger partial charge < -0.3 is 5.32 Å². The van der Waals surface area contributed by atoms with E-state index in [4.69, 9.17) is 0 Å². The molecule has 1 aromatic heterocycles. The number of carbonyl (C=O) groups is 1. The zero-order chi connectivity index (χ0) is 14.7. The van der Waals surface area contributed by atoms with E-state index in [1.54, 1.807) is 6.20 Å². The minimum atomic E-state index is -0.552. The van der Waals surface area contributed by atoms with Crippen molar-refractivity contribution in [1.29, 1.82) is 0 Å². The summed E-state index contributed by atoms with van der Waals surface area (Å²) >= 11 is 0. The molecular weight excluding hydrogens is 272 g/mol. The van der Waals surface area contributed by atoms with Gasteiger partial charge in [0.15, 0.2) is 0 Å². The molecule has 2 aliphatic carbocycles. The molecular formula is C19H14N2O. The van der Waals surface area contributed by atoms with E-state index < -0.39 is 5.54 Å². The van der Waals surface area contributed by atoms with Gasteiger partial charge >= 0.3 is 0 Å². The molecule has 1 amide bonds. The zero-order valence-electron chi connectivity index (χ0n) is 12.0. The predicted molar refractivity (Wildman–Crippen MR) is 84.2 cm³/mol. The lowest BCUT2D eigenvalue weighted by Gasteiger charge is -2.29. The van der Waals surface area contributed by atoms with Crippen LogP contribution in [-0.2, 0) is 5.54 Å². The highest BCUT2D eigenvalue weighted by atomic mass is 16.2. The van der Waals surface area contributed by atoms with Gasteiger partial charge in [0.2, 0.25) is 0 Å². The Morgan fingerprint density at radius 2 is 1.86 bits per heavy atom. The van der Waals surface area contributed by atoms with Crippen LogP contribution in [0.1, 0.15) is 39.9 Å². The van der Waals surface area contributed by atoms with Crippen molar-refractivity contribution < 1.29 is 4.79 Å². The Morgan fingerprint density at radius 1 is 1.00 bits per heavy atom. The quantitative estimate of drug-likeness (QED) is 0.808. The summed E-state index contributed by atoms with van der Waals surface area (Å²) in [6.45, 7) is 0. The maximum Gasteiger partial charge on any atom is 0.253 e. The van der Waals surface area contributed by atoms with Crippen LogP contribution in [0.4, 0.5) is 0 Å². The topological polar surface area (TPSA) is 42.0 Å². The average molecular weight is 286 g/mol. The SMILES string of the molecule is O=C1NC2(C3=CCCC=C3c3ccccc32)c2cnccc21. The third-order valence-electron chi connectivity index (χ3n) is 4.95. The summed E-state index contributed by atoms with van der Waals surface area (Å²) in [5.74, 6) is -0.0140. The number of allylic oxidation sites excluding steroid dienone is 2. The number of benzene rings is 1. The van der Waals surface area contributed by atoms with Crippen LogP contribution in [0.5, 0.6) is 0 Å². The molecule has 2 aromatic rings. The van der Waals surface area contributed by atoms with Crippen LogP contribution in [0.25, 0.3) is 5.57 Å². The van der Waals surface area contributed by atoms with E-state index in [1.165, 1.54) is 16.7 Å². The molecule has 3 nitrogen and oxygen atoms in total. The van der Waals surface area contributed by atoms with Gasteiger partial charge in [-0.1, -0.05) is 36.4 Å². The molecule has 1 N–H and O–H groups in total. The molecule has 0 bridgehead atoms. The van der Waals surface area contributed by atoms with Crippen molar-refractivity contribution in [3.63, 3.8) is 0 Å². The number of hydrogen-bond acceptors (Lipinski definition) is 2. The second kappa shape index (κ2) is 3.95. The summed E-state index contributed by atoms with van der Waals surface area (Å²) in [6.07, 6.45) is 10.2. The molecule has 3 heteroatoms. The lowest BCUT2D eigenvalue weighted by Crippen LogP contribution is -2.40. The van der Waals surface area contributed by atoms with Gasteiger partial charge in [0.1, 0.15) is 5.54 Å². The minimum Gasteiger partial charge on any atom is -0.334 e. The highest BCUT2D eigenvalue weighted by Crippen LogP contribution is 2.55. The standard InChI is InChI=1S/C19H14N2O/c22-18-14-9-10-20-11-17(14)19(21-18)15-7-3-1-5-12(15)13-6-2-4-8-16(13)19/h1,3,5-11H,2,4H2,(H,21,22). The molecule has 0 radical (unpaired) electrons. The maximum atomic E-state index is 12.5. The zero-order valence-corrected chi connectivity index (χ0v) is 12.0. The predicted octanol–water partition coefficient (Wildman–Crippen LogP) is 3.19. The molecule has 1 unspecified atom stereocenters. The summed E-state index contributed by atoms with van der Waals surface area (Å²) in [5.41, 5.74) is 6.02. The fourth-order valence-electron chi connectivity index (χ4n) is 4.10. The van der Waals surface area contributed by atoms with Gasteiger partial charge in [-0.25, -0.2) is 0 Å². The van der Waals surface area contributed by atoms with Crippen LogP contribution in [0.3, 0.4) is 0 Å². The first-order valence-electron chi connectivity index (χ1n) is 7.60. The molecule has 1 spiro atoms. The number of pyridine rings is 1. The molecule has 0 saturated heterocycles. The van der Waals surface area contributed by atoms with Gasteiger partial charge in [0, 0.05) is 23.5 Å². The monoisotopic (exact) mass is 286 g/mol. The van der Waals surface area contributed by atoms with E-state index in [2.05, 4.69) is 40.7 Å². The van der Waals surface area contributed by atoms with Crippen LogP contribution < -0.4 is 5.32 Å². The first kappa shape index (κ1) is 11.9. The van der Waals surface area contributed by atoms with Gasteiger partial charge in [0.25, 0.3) is 5.91 Å². The molecule has 1 aromatic carbocycles. The summed E-state index contributed by atoms with van der Waals surface area (Å²) in [7, 11) is 0. The number of amides is 1. The highest BCUT2D eigenvalue weighted by molar-refractivity contribution is 6.05. The van der Waals surface area contributed by atoms with Gasteiger partial charge in [-0.05, 0) is 41.2 Å². The molecule has 0 saturated carbocycles. The molecule has 1 aliphatic heterocycles. The Balaban J connectivity index is 1.91. The molecule has 22 heavy (non-hydrogen) atoms. The smallest absolute Gasteiger partial charge is 0.253 e. The molecule has 3 aliphatic rings. The maximum absolute atomic E-state index is 12.5. The fraction of sp³-hybridized carbons (Fsp3) is 0.158. The van der Waals surface area contributed by atoms with Crippen molar-refractivity contribution in [3.05, 3.63) is 82.7 Å². The lowest BCUT2D eigenvalue weighted by molar-refractivity contribution is 0.0949. The molecule has 2 heterocycles. The van der Waals surface area contributed by atoms with Crippen LogP contribution in [0.15, 0.2) is 60.5 Å². The number of rotatable bonds is 0. The summed E-state index contributed by atoms with van der Waals surface area (Å²) in [6, 6.07) is 10.2. The Kier molecular flexibility index (Phi) is 2.14. The molecule has 0 fully saturated rings. The Hall–Kier alpha value is -2.68. The lowest BCUT2D eigenvalue weighted by atomic mass is 9.80. The number of aromatic nitrogens is 1. The normalized spacial score (nSPS) is 24.3. The van der Waals surface area contributed by atoms with Crippen LogP contribution >= 0.6 is 0 Å². The highest BCUT2D eigenvalue weighted by Gasteiger charge is 2.53. The number of carbonyl (C=O) groups excluding carboxylic acids is 1. The first-order chi connectivity index (χ1) is 10.8. The summed E-state index contributed by atoms with van der Waals surface area (Å²) in [4.78, 5) is 16.8. The number of nitrogens with one attached hydrogen (secondary N) is 1. The van der Waals surface area contributed by atoms with Crippen LogP contribution in [0.2, 0.25) is 0 Å². The van der Waals surface area contributed by atoms with Crippen LogP contribution in [0, 0.1) is 0 Å². The van der Waals surface area contributed by atoms with Crippen molar-refractivity contribution in [2.45, 2.75) is 18.4 Å². The van der Waals surface area contributed by atoms with E-state index in [9.17, 15) is 4.79 Å². The average Bonchev–Trinajstić information content (AvgIpc) is 3.04. The minimum absolute atomic E-state index is 0.0140. The fourth-order valence-corrected chi connectivity index (χ4v) is 4.10.